The molecule has 1 aromatic rings. The number of nitrogens with one attached hydrogen (secondary N) is 1. The van der Waals surface area contributed by atoms with Gasteiger partial charge < -0.3 is 11.1 Å². The Morgan fingerprint density at radius 2 is 2.06 bits per heavy atom. The first-order chi connectivity index (χ1) is 8.15. The zero-order chi connectivity index (χ0) is 12.7. The minimum Gasteiger partial charge on any atom is -0.352 e. The first-order valence-electron chi connectivity index (χ1n) is 5.87. The Labute approximate surface area is 111 Å². The van der Waals surface area contributed by atoms with Gasteiger partial charge in [0.1, 0.15) is 0 Å². The van der Waals surface area contributed by atoms with E-state index in [4.69, 9.17) is 5.73 Å². The van der Waals surface area contributed by atoms with Gasteiger partial charge in [-0.05, 0) is 30.2 Å². The lowest BCUT2D eigenvalue weighted by Crippen LogP contribution is -2.27. The van der Waals surface area contributed by atoms with Crippen molar-refractivity contribution in [2.75, 3.05) is 6.54 Å². The standard InChI is InChI=1S/C13H19BrN2O/c1-2-10(8-15)7-13(17)16-9-11-3-5-12(14)6-4-11/h3-6,10H,2,7-9,15H2,1H3,(H,16,17). The van der Waals surface area contributed by atoms with Crippen molar-refractivity contribution in [3.05, 3.63) is 34.3 Å². The van der Waals surface area contributed by atoms with E-state index in [2.05, 4.69) is 28.2 Å². The predicted octanol–water partition coefficient (Wildman–Crippen LogP) is 2.44. The smallest absolute Gasteiger partial charge is 0.220 e. The third-order valence-corrected chi connectivity index (χ3v) is 3.32. The van der Waals surface area contributed by atoms with E-state index in [1.54, 1.807) is 0 Å². The van der Waals surface area contributed by atoms with Crippen LogP contribution in [0.3, 0.4) is 0 Å². The molecule has 0 aromatic heterocycles. The van der Waals surface area contributed by atoms with Gasteiger partial charge >= 0.3 is 0 Å². The summed E-state index contributed by atoms with van der Waals surface area (Å²) < 4.78 is 1.04. The van der Waals surface area contributed by atoms with Gasteiger partial charge in [-0.3, -0.25) is 4.79 Å². The van der Waals surface area contributed by atoms with E-state index in [9.17, 15) is 4.79 Å². The summed E-state index contributed by atoms with van der Waals surface area (Å²) in [5.41, 5.74) is 6.67. The molecule has 1 atom stereocenters. The quantitative estimate of drug-likeness (QED) is 0.847. The SMILES string of the molecule is CCC(CN)CC(=O)NCc1ccc(Br)cc1. The molecule has 1 unspecified atom stereocenters. The van der Waals surface area contributed by atoms with E-state index in [1.165, 1.54) is 0 Å². The van der Waals surface area contributed by atoms with E-state index in [0.717, 1.165) is 16.5 Å². The van der Waals surface area contributed by atoms with Crippen molar-refractivity contribution in [3.8, 4) is 0 Å². The largest absolute Gasteiger partial charge is 0.352 e. The summed E-state index contributed by atoms with van der Waals surface area (Å²) in [4.78, 5) is 11.6. The van der Waals surface area contributed by atoms with E-state index in [0.29, 0.717) is 25.4 Å². The summed E-state index contributed by atoms with van der Waals surface area (Å²) >= 11 is 3.38. The molecule has 3 nitrogen and oxygen atoms in total. The van der Waals surface area contributed by atoms with E-state index < -0.39 is 0 Å². The molecule has 0 saturated carbocycles. The number of nitrogens with two attached hydrogens (primary N) is 1. The van der Waals surface area contributed by atoms with Crippen molar-refractivity contribution < 1.29 is 4.79 Å². The zero-order valence-electron chi connectivity index (χ0n) is 10.1. The predicted molar refractivity (Wildman–Crippen MR) is 73.4 cm³/mol. The second-order valence-corrected chi connectivity index (χ2v) is 5.03. The van der Waals surface area contributed by atoms with Crippen LogP contribution in [0.4, 0.5) is 0 Å². The van der Waals surface area contributed by atoms with Crippen LogP contribution >= 0.6 is 15.9 Å². The molecule has 0 radical (unpaired) electrons. The summed E-state index contributed by atoms with van der Waals surface area (Å²) in [6, 6.07) is 7.92. The zero-order valence-corrected chi connectivity index (χ0v) is 11.7. The summed E-state index contributed by atoms with van der Waals surface area (Å²) in [6.45, 7) is 3.20. The first-order valence-corrected chi connectivity index (χ1v) is 6.66. The molecule has 1 rings (SSSR count). The normalized spacial score (nSPS) is 12.2. The highest BCUT2D eigenvalue weighted by atomic mass is 79.9. The van der Waals surface area contributed by atoms with Crippen LogP contribution in [-0.4, -0.2) is 12.5 Å². The molecule has 0 fully saturated rings. The van der Waals surface area contributed by atoms with Crippen molar-refractivity contribution >= 4 is 21.8 Å². The van der Waals surface area contributed by atoms with E-state index in [1.807, 2.05) is 24.3 Å². The molecular formula is C13H19BrN2O. The van der Waals surface area contributed by atoms with Gasteiger partial charge in [0.25, 0.3) is 0 Å². The van der Waals surface area contributed by atoms with Crippen LogP contribution in [0.2, 0.25) is 0 Å². The fraction of sp³-hybridized carbons (Fsp3) is 0.462. The molecule has 1 amide bonds. The fourth-order valence-electron chi connectivity index (χ4n) is 1.53. The minimum atomic E-state index is 0.0743. The van der Waals surface area contributed by atoms with Crippen molar-refractivity contribution in [3.63, 3.8) is 0 Å². The fourth-order valence-corrected chi connectivity index (χ4v) is 1.80. The molecule has 3 N–H and O–H groups in total. The molecular weight excluding hydrogens is 280 g/mol. The minimum absolute atomic E-state index is 0.0743. The van der Waals surface area contributed by atoms with Crippen molar-refractivity contribution in [1.82, 2.24) is 5.32 Å². The van der Waals surface area contributed by atoms with Gasteiger partial charge in [-0.15, -0.1) is 0 Å². The number of carbonyl (C=O) groups is 1. The number of hydrogen-bond acceptors (Lipinski definition) is 2. The van der Waals surface area contributed by atoms with Crippen LogP contribution in [-0.2, 0) is 11.3 Å². The van der Waals surface area contributed by atoms with E-state index >= 15 is 0 Å². The first kappa shape index (κ1) is 14.2. The van der Waals surface area contributed by atoms with Crippen LogP contribution < -0.4 is 11.1 Å². The van der Waals surface area contributed by atoms with Gasteiger partial charge in [0, 0.05) is 17.4 Å². The molecule has 1 aromatic carbocycles. The van der Waals surface area contributed by atoms with Gasteiger partial charge in [-0.1, -0.05) is 41.4 Å². The number of amides is 1. The molecule has 94 valence electrons. The van der Waals surface area contributed by atoms with Crippen LogP contribution in [0.1, 0.15) is 25.3 Å². The molecule has 0 aliphatic rings. The summed E-state index contributed by atoms with van der Waals surface area (Å²) in [5, 5.41) is 2.91. The molecule has 0 aliphatic heterocycles. The highest BCUT2D eigenvalue weighted by Gasteiger charge is 2.09. The summed E-state index contributed by atoms with van der Waals surface area (Å²) in [7, 11) is 0. The molecule has 0 spiro atoms. The third kappa shape index (κ3) is 5.33. The van der Waals surface area contributed by atoms with Gasteiger partial charge in [0.2, 0.25) is 5.91 Å². The van der Waals surface area contributed by atoms with E-state index in [-0.39, 0.29) is 5.91 Å². The average molecular weight is 299 g/mol. The average Bonchev–Trinajstić information content (AvgIpc) is 2.35. The maximum Gasteiger partial charge on any atom is 0.220 e. The second-order valence-electron chi connectivity index (χ2n) is 4.12. The summed E-state index contributed by atoms with van der Waals surface area (Å²) in [6.07, 6.45) is 1.46. The molecule has 0 aliphatic carbocycles. The van der Waals surface area contributed by atoms with Crippen molar-refractivity contribution in [2.24, 2.45) is 11.7 Å². The Kier molecular flexibility index (Phi) is 6.22. The molecule has 4 heteroatoms. The Balaban J connectivity index is 2.35. The van der Waals surface area contributed by atoms with Crippen LogP contribution in [0.5, 0.6) is 0 Å². The van der Waals surface area contributed by atoms with Crippen molar-refractivity contribution in [1.29, 1.82) is 0 Å². The molecule has 0 heterocycles. The van der Waals surface area contributed by atoms with Crippen LogP contribution in [0.15, 0.2) is 28.7 Å². The number of halogens is 1. The number of rotatable bonds is 6. The number of carbonyl (C=O) groups excluding carboxylic acids is 1. The second kappa shape index (κ2) is 7.45. The molecule has 0 bridgehead atoms. The maximum absolute atomic E-state index is 11.6. The lowest BCUT2D eigenvalue weighted by molar-refractivity contribution is -0.122. The van der Waals surface area contributed by atoms with Gasteiger partial charge in [-0.25, -0.2) is 0 Å². The monoisotopic (exact) mass is 298 g/mol. The summed E-state index contributed by atoms with van der Waals surface area (Å²) in [5.74, 6) is 0.366. The maximum atomic E-state index is 11.6. The van der Waals surface area contributed by atoms with Gasteiger partial charge in [0.05, 0.1) is 0 Å². The van der Waals surface area contributed by atoms with Crippen molar-refractivity contribution in [2.45, 2.75) is 26.3 Å². The Bertz CT molecular complexity index is 347. The molecule has 0 saturated heterocycles. The number of hydrogen-bond donors (Lipinski definition) is 2. The Morgan fingerprint density at radius 1 is 1.41 bits per heavy atom. The highest BCUT2D eigenvalue weighted by molar-refractivity contribution is 9.10. The lowest BCUT2D eigenvalue weighted by Gasteiger charge is -2.12. The third-order valence-electron chi connectivity index (χ3n) is 2.79. The van der Waals surface area contributed by atoms with Crippen LogP contribution in [0, 0.1) is 5.92 Å². The van der Waals surface area contributed by atoms with Gasteiger partial charge in [-0.2, -0.15) is 0 Å². The lowest BCUT2D eigenvalue weighted by atomic mass is 10.0. The van der Waals surface area contributed by atoms with Crippen LogP contribution in [0.25, 0.3) is 0 Å². The number of benzene rings is 1. The topological polar surface area (TPSA) is 55.1 Å². The Hall–Kier alpha value is -0.870. The Morgan fingerprint density at radius 3 is 2.59 bits per heavy atom. The van der Waals surface area contributed by atoms with Gasteiger partial charge in [0.15, 0.2) is 0 Å². The molecule has 17 heavy (non-hydrogen) atoms. The highest BCUT2D eigenvalue weighted by Crippen LogP contribution is 2.10.